The minimum atomic E-state index is -1.88. The van der Waals surface area contributed by atoms with E-state index < -0.39 is 42.2 Å². The second-order valence-electron chi connectivity index (χ2n) is 4.90. The summed E-state index contributed by atoms with van der Waals surface area (Å²) in [4.78, 5) is 35.6. The molecule has 0 aliphatic carbocycles. The summed E-state index contributed by atoms with van der Waals surface area (Å²) >= 11 is 0. The van der Waals surface area contributed by atoms with E-state index in [9.17, 15) is 19.5 Å². The van der Waals surface area contributed by atoms with Crippen LogP contribution in [0.5, 0.6) is 0 Å². The molecule has 1 amide bonds. The second-order valence-corrected chi connectivity index (χ2v) is 4.90. The fraction of sp³-hybridized carbons (Fsp3) is 0.312. The number of carbonyl (C=O) groups excluding carboxylic acids is 3. The smallest absolute Gasteiger partial charge is 0.238 e. The topological polar surface area (TPSA) is 124 Å². The van der Waals surface area contributed by atoms with Crippen molar-refractivity contribution in [3.63, 3.8) is 0 Å². The van der Waals surface area contributed by atoms with Crippen molar-refractivity contribution in [3.05, 3.63) is 42.5 Å². The third-order valence-electron chi connectivity index (χ3n) is 3.04. The number of ketones is 2. The molecule has 4 N–H and O–H groups in total. The molecule has 1 aromatic carbocycles. The van der Waals surface area contributed by atoms with Crippen molar-refractivity contribution in [2.45, 2.75) is 19.1 Å². The van der Waals surface area contributed by atoms with E-state index in [0.717, 1.165) is 19.1 Å². The molecular formula is C16H19NO6. The first-order chi connectivity index (χ1) is 10.9. The lowest BCUT2D eigenvalue weighted by molar-refractivity contribution is -0.140. The lowest BCUT2D eigenvalue weighted by atomic mass is 9.93. The average molecular weight is 321 g/mol. The van der Waals surface area contributed by atoms with Crippen LogP contribution in [0.4, 0.5) is 5.69 Å². The predicted octanol–water partition coefficient (Wildman–Crippen LogP) is -0.330. The molecular weight excluding hydrogens is 302 g/mol. The highest BCUT2D eigenvalue weighted by Crippen LogP contribution is 2.13. The SMILES string of the molecule is CC(=O)C(C(=O)Nc1ccccc1)C(O)C(=O)/C=C/C(O)CO. The summed E-state index contributed by atoms with van der Waals surface area (Å²) in [6, 6.07) is 8.30. The van der Waals surface area contributed by atoms with Crippen LogP contribution < -0.4 is 5.32 Å². The van der Waals surface area contributed by atoms with Gasteiger partial charge in [-0.1, -0.05) is 24.3 Å². The number of hydrogen-bond donors (Lipinski definition) is 4. The molecule has 0 aliphatic heterocycles. The van der Waals surface area contributed by atoms with Gasteiger partial charge in [-0.2, -0.15) is 0 Å². The van der Waals surface area contributed by atoms with Crippen molar-refractivity contribution >= 4 is 23.2 Å². The van der Waals surface area contributed by atoms with Crippen LogP contribution in [-0.2, 0) is 14.4 Å². The molecule has 0 aliphatic rings. The first-order valence-corrected chi connectivity index (χ1v) is 6.92. The van der Waals surface area contributed by atoms with Crippen LogP contribution in [-0.4, -0.2) is 51.6 Å². The number of Topliss-reactive ketones (excluding diaryl/α,β-unsaturated/α-hetero) is 1. The summed E-state index contributed by atoms with van der Waals surface area (Å²) in [7, 11) is 0. The van der Waals surface area contributed by atoms with Crippen LogP contribution in [0, 0.1) is 5.92 Å². The van der Waals surface area contributed by atoms with Gasteiger partial charge in [0.25, 0.3) is 0 Å². The Morgan fingerprint density at radius 2 is 1.78 bits per heavy atom. The van der Waals surface area contributed by atoms with Crippen molar-refractivity contribution in [2.75, 3.05) is 11.9 Å². The highest BCUT2D eigenvalue weighted by molar-refractivity contribution is 6.11. The Hall–Kier alpha value is -2.35. The van der Waals surface area contributed by atoms with Gasteiger partial charge in [0.15, 0.2) is 5.78 Å². The molecule has 0 heterocycles. The van der Waals surface area contributed by atoms with Gasteiger partial charge in [-0.05, 0) is 25.1 Å². The Morgan fingerprint density at radius 1 is 1.17 bits per heavy atom. The zero-order valence-corrected chi connectivity index (χ0v) is 12.5. The lowest BCUT2D eigenvalue weighted by Crippen LogP contribution is -2.41. The average Bonchev–Trinajstić information content (AvgIpc) is 2.52. The highest BCUT2D eigenvalue weighted by atomic mass is 16.3. The van der Waals surface area contributed by atoms with Crippen LogP contribution in [0.25, 0.3) is 0 Å². The molecule has 23 heavy (non-hydrogen) atoms. The zero-order chi connectivity index (χ0) is 17.4. The molecule has 7 heteroatoms. The Bertz CT molecular complexity index is 583. The van der Waals surface area contributed by atoms with Gasteiger partial charge in [-0.15, -0.1) is 0 Å². The maximum absolute atomic E-state index is 12.1. The van der Waals surface area contributed by atoms with Gasteiger partial charge in [-0.25, -0.2) is 0 Å². The monoisotopic (exact) mass is 321 g/mol. The van der Waals surface area contributed by atoms with E-state index in [1.165, 1.54) is 0 Å². The van der Waals surface area contributed by atoms with Crippen molar-refractivity contribution in [1.29, 1.82) is 0 Å². The zero-order valence-electron chi connectivity index (χ0n) is 12.5. The van der Waals surface area contributed by atoms with Gasteiger partial charge >= 0.3 is 0 Å². The number of aliphatic hydroxyl groups excluding tert-OH is 3. The third-order valence-corrected chi connectivity index (χ3v) is 3.04. The number of aliphatic hydroxyl groups is 3. The third kappa shape index (κ3) is 5.74. The van der Waals surface area contributed by atoms with Gasteiger partial charge in [-0.3, -0.25) is 14.4 Å². The van der Waals surface area contributed by atoms with E-state index in [1.54, 1.807) is 30.3 Å². The van der Waals surface area contributed by atoms with E-state index in [-0.39, 0.29) is 0 Å². The van der Waals surface area contributed by atoms with Crippen molar-refractivity contribution < 1.29 is 29.7 Å². The summed E-state index contributed by atoms with van der Waals surface area (Å²) in [5, 5.41) is 30.2. The van der Waals surface area contributed by atoms with E-state index in [4.69, 9.17) is 10.2 Å². The van der Waals surface area contributed by atoms with Gasteiger partial charge in [0.2, 0.25) is 5.91 Å². The van der Waals surface area contributed by atoms with E-state index in [1.807, 2.05) is 0 Å². The Labute approximate surface area is 133 Å². The minimum absolute atomic E-state index is 0.426. The summed E-state index contributed by atoms with van der Waals surface area (Å²) in [6.45, 7) is 0.503. The summed E-state index contributed by atoms with van der Waals surface area (Å²) in [6.07, 6.45) is -1.34. The Morgan fingerprint density at radius 3 is 2.30 bits per heavy atom. The molecule has 1 aromatic rings. The number of anilines is 1. The molecule has 0 saturated carbocycles. The number of benzene rings is 1. The predicted molar refractivity (Wildman–Crippen MR) is 82.5 cm³/mol. The van der Waals surface area contributed by atoms with Crippen LogP contribution in [0.3, 0.4) is 0 Å². The summed E-state index contributed by atoms with van der Waals surface area (Å²) in [5.41, 5.74) is 0.426. The van der Waals surface area contributed by atoms with E-state index in [0.29, 0.717) is 5.69 Å². The number of amides is 1. The van der Waals surface area contributed by atoms with Crippen molar-refractivity contribution in [3.8, 4) is 0 Å². The van der Waals surface area contributed by atoms with Crippen LogP contribution in [0.1, 0.15) is 6.92 Å². The molecule has 0 fully saturated rings. The fourth-order valence-corrected chi connectivity index (χ4v) is 1.82. The van der Waals surface area contributed by atoms with Crippen molar-refractivity contribution in [2.24, 2.45) is 5.92 Å². The van der Waals surface area contributed by atoms with Crippen LogP contribution in [0.15, 0.2) is 42.5 Å². The molecule has 7 nitrogen and oxygen atoms in total. The second kappa shape index (κ2) is 8.94. The highest BCUT2D eigenvalue weighted by Gasteiger charge is 2.34. The normalized spacial score (nSPS) is 15.0. The molecule has 0 radical (unpaired) electrons. The van der Waals surface area contributed by atoms with Gasteiger partial charge in [0, 0.05) is 5.69 Å². The molecule has 0 spiro atoms. The fourth-order valence-electron chi connectivity index (χ4n) is 1.82. The van der Waals surface area contributed by atoms with Gasteiger partial charge < -0.3 is 20.6 Å². The Balaban J connectivity index is 2.84. The molecule has 3 atom stereocenters. The standard InChI is InChI=1S/C16H19NO6/c1-10(19)14(15(22)13(21)8-7-12(20)9-18)16(23)17-11-5-3-2-4-6-11/h2-8,12,14-15,18,20,22H,9H2,1H3,(H,17,23)/b8-7+. The van der Waals surface area contributed by atoms with Gasteiger partial charge in [0.1, 0.15) is 17.8 Å². The quantitative estimate of drug-likeness (QED) is 0.384. The lowest BCUT2D eigenvalue weighted by Gasteiger charge is -2.18. The number of hydrogen-bond acceptors (Lipinski definition) is 6. The molecule has 124 valence electrons. The maximum Gasteiger partial charge on any atom is 0.238 e. The molecule has 0 bridgehead atoms. The van der Waals surface area contributed by atoms with E-state index >= 15 is 0 Å². The van der Waals surface area contributed by atoms with Gasteiger partial charge in [0.05, 0.1) is 12.7 Å². The van der Waals surface area contributed by atoms with Crippen LogP contribution in [0.2, 0.25) is 0 Å². The summed E-state index contributed by atoms with van der Waals surface area (Å²) in [5.74, 6) is -3.96. The van der Waals surface area contributed by atoms with Crippen LogP contribution >= 0.6 is 0 Å². The molecule has 1 rings (SSSR count). The number of para-hydroxylation sites is 1. The number of nitrogens with one attached hydrogen (secondary N) is 1. The van der Waals surface area contributed by atoms with E-state index in [2.05, 4.69) is 5.32 Å². The first kappa shape index (κ1) is 18.7. The molecule has 3 unspecified atom stereocenters. The Kier molecular flexibility index (Phi) is 7.27. The number of rotatable bonds is 8. The largest absolute Gasteiger partial charge is 0.393 e. The molecule has 0 saturated heterocycles. The first-order valence-electron chi connectivity index (χ1n) is 6.92. The summed E-state index contributed by atoms with van der Waals surface area (Å²) < 4.78 is 0. The molecule has 0 aromatic heterocycles. The maximum atomic E-state index is 12.1. The van der Waals surface area contributed by atoms with Crippen molar-refractivity contribution in [1.82, 2.24) is 0 Å². The minimum Gasteiger partial charge on any atom is -0.393 e. The number of carbonyl (C=O) groups is 3.